The molecule has 0 saturated heterocycles. The quantitative estimate of drug-likeness (QED) is 0.888. The minimum absolute atomic E-state index is 0.0224. The van der Waals surface area contributed by atoms with E-state index < -0.39 is 0 Å². The zero-order valence-electron chi connectivity index (χ0n) is 12.8. The predicted octanol–water partition coefficient (Wildman–Crippen LogP) is 2.57. The van der Waals surface area contributed by atoms with Crippen molar-refractivity contribution >= 4 is 5.91 Å². The highest BCUT2D eigenvalue weighted by molar-refractivity contribution is 5.78. The lowest BCUT2D eigenvalue weighted by Gasteiger charge is -2.13. The average molecular weight is 286 g/mol. The van der Waals surface area contributed by atoms with Crippen molar-refractivity contribution in [3.05, 3.63) is 42.2 Å². The molecule has 0 aliphatic heterocycles. The highest BCUT2D eigenvalue weighted by Crippen LogP contribution is 2.11. The van der Waals surface area contributed by atoms with E-state index in [1.165, 1.54) is 0 Å². The molecule has 1 N–H and O–H groups in total. The Morgan fingerprint density at radius 1 is 1.24 bits per heavy atom. The van der Waals surface area contributed by atoms with Crippen molar-refractivity contribution in [3.8, 4) is 5.69 Å². The fourth-order valence-corrected chi connectivity index (χ4v) is 2.25. The molecule has 1 atom stereocenters. The Morgan fingerprint density at radius 2 is 1.95 bits per heavy atom. The first-order valence-corrected chi connectivity index (χ1v) is 7.30. The van der Waals surface area contributed by atoms with Crippen LogP contribution in [0.4, 0.5) is 0 Å². The fourth-order valence-electron chi connectivity index (χ4n) is 2.25. The average Bonchev–Trinajstić information content (AvgIpc) is 2.94. The summed E-state index contributed by atoms with van der Waals surface area (Å²) < 4.78 is 1.71. The minimum atomic E-state index is 0.0224. The molecule has 5 nitrogen and oxygen atoms in total. The molecule has 0 radical (unpaired) electrons. The maximum Gasteiger partial charge on any atom is 0.223 e. The van der Waals surface area contributed by atoms with Gasteiger partial charge in [-0.15, -0.1) is 5.10 Å². The van der Waals surface area contributed by atoms with Gasteiger partial charge in [-0.05, 0) is 24.5 Å². The topological polar surface area (TPSA) is 59.8 Å². The van der Waals surface area contributed by atoms with E-state index in [2.05, 4.69) is 29.5 Å². The van der Waals surface area contributed by atoms with E-state index in [1.54, 1.807) is 4.68 Å². The van der Waals surface area contributed by atoms with Crippen molar-refractivity contribution in [2.75, 3.05) is 0 Å². The van der Waals surface area contributed by atoms with E-state index in [0.717, 1.165) is 17.8 Å². The van der Waals surface area contributed by atoms with Crippen LogP contribution in [0.1, 0.15) is 32.9 Å². The second-order valence-corrected chi connectivity index (χ2v) is 5.74. The molecule has 0 aliphatic rings. The maximum atomic E-state index is 12.0. The van der Waals surface area contributed by atoms with Gasteiger partial charge in [-0.1, -0.05) is 44.2 Å². The molecule has 1 aromatic carbocycles. The second kappa shape index (κ2) is 7.02. The fraction of sp³-hybridized carbons (Fsp3) is 0.438. The normalized spacial score (nSPS) is 12.4. The van der Waals surface area contributed by atoms with Gasteiger partial charge in [0.05, 0.1) is 18.4 Å². The lowest BCUT2D eigenvalue weighted by molar-refractivity contribution is -0.125. The van der Waals surface area contributed by atoms with E-state index in [9.17, 15) is 4.79 Å². The summed E-state index contributed by atoms with van der Waals surface area (Å²) in [6, 6.07) is 9.78. The zero-order valence-corrected chi connectivity index (χ0v) is 12.8. The Balaban J connectivity index is 1.90. The van der Waals surface area contributed by atoms with Gasteiger partial charge in [0, 0.05) is 5.92 Å². The van der Waals surface area contributed by atoms with Crippen molar-refractivity contribution in [3.63, 3.8) is 0 Å². The molecule has 1 heterocycles. The van der Waals surface area contributed by atoms with Crippen LogP contribution in [0.25, 0.3) is 5.69 Å². The maximum absolute atomic E-state index is 12.0. The molecular weight excluding hydrogens is 264 g/mol. The van der Waals surface area contributed by atoms with Gasteiger partial charge in [0.2, 0.25) is 5.91 Å². The number of hydrogen-bond acceptors (Lipinski definition) is 3. The molecule has 2 rings (SSSR count). The van der Waals surface area contributed by atoms with Crippen LogP contribution in [0.2, 0.25) is 0 Å². The summed E-state index contributed by atoms with van der Waals surface area (Å²) in [5.74, 6) is 0.608. The van der Waals surface area contributed by atoms with Crippen LogP contribution in [0, 0.1) is 11.8 Å². The van der Waals surface area contributed by atoms with Crippen LogP contribution in [0.3, 0.4) is 0 Å². The number of hydrogen-bond donors (Lipinski definition) is 1. The molecule has 0 aliphatic carbocycles. The Bertz CT molecular complexity index is 577. The molecule has 2 aromatic rings. The number of nitrogens with zero attached hydrogens (tertiary/aromatic N) is 3. The number of carbonyl (C=O) groups is 1. The monoisotopic (exact) mass is 286 g/mol. The lowest BCUT2D eigenvalue weighted by Crippen LogP contribution is -2.29. The van der Waals surface area contributed by atoms with Gasteiger partial charge in [0.15, 0.2) is 0 Å². The number of rotatable bonds is 6. The van der Waals surface area contributed by atoms with Crippen molar-refractivity contribution in [2.24, 2.45) is 11.8 Å². The van der Waals surface area contributed by atoms with E-state index >= 15 is 0 Å². The SMILES string of the molecule is CC(C)CC(C)C(=O)NCc1cn(-c2ccccc2)nn1. The van der Waals surface area contributed by atoms with E-state index in [-0.39, 0.29) is 11.8 Å². The third-order valence-corrected chi connectivity index (χ3v) is 3.28. The number of para-hydroxylation sites is 1. The van der Waals surface area contributed by atoms with Crippen LogP contribution in [0.5, 0.6) is 0 Å². The first kappa shape index (κ1) is 15.2. The molecule has 21 heavy (non-hydrogen) atoms. The molecule has 0 spiro atoms. The molecule has 1 aromatic heterocycles. The van der Waals surface area contributed by atoms with Gasteiger partial charge in [-0.25, -0.2) is 4.68 Å². The molecule has 5 heteroatoms. The lowest BCUT2D eigenvalue weighted by atomic mass is 9.98. The van der Waals surface area contributed by atoms with Gasteiger partial charge in [-0.2, -0.15) is 0 Å². The summed E-state index contributed by atoms with van der Waals surface area (Å²) in [4.78, 5) is 12.0. The summed E-state index contributed by atoms with van der Waals surface area (Å²) in [5.41, 5.74) is 1.71. The second-order valence-electron chi connectivity index (χ2n) is 5.74. The molecular formula is C16H22N4O. The predicted molar refractivity (Wildman–Crippen MR) is 81.8 cm³/mol. The van der Waals surface area contributed by atoms with Crippen molar-refractivity contribution in [2.45, 2.75) is 33.7 Å². The van der Waals surface area contributed by atoms with Crippen LogP contribution < -0.4 is 5.32 Å². The summed E-state index contributed by atoms with van der Waals surface area (Å²) in [6.07, 6.45) is 2.73. The minimum Gasteiger partial charge on any atom is -0.350 e. The highest BCUT2D eigenvalue weighted by atomic mass is 16.1. The van der Waals surface area contributed by atoms with Crippen molar-refractivity contribution in [1.82, 2.24) is 20.3 Å². The largest absolute Gasteiger partial charge is 0.350 e. The van der Waals surface area contributed by atoms with Crippen LogP contribution in [-0.2, 0) is 11.3 Å². The van der Waals surface area contributed by atoms with Gasteiger partial charge in [0.25, 0.3) is 0 Å². The first-order valence-electron chi connectivity index (χ1n) is 7.30. The molecule has 112 valence electrons. The first-order chi connectivity index (χ1) is 10.1. The van der Waals surface area contributed by atoms with Crippen molar-refractivity contribution in [1.29, 1.82) is 0 Å². The number of benzene rings is 1. The Kier molecular flexibility index (Phi) is 5.09. The molecule has 1 unspecified atom stereocenters. The third-order valence-electron chi connectivity index (χ3n) is 3.28. The Morgan fingerprint density at radius 3 is 2.62 bits per heavy atom. The summed E-state index contributed by atoms with van der Waals surface area (Å²) in [6.45, 7) is 6.61. The van der Waals surface area contributed by atoms with Crippen LogP contribution in [0.15, 0.2) is 36.5 Å². The van der Waals surface area contributed by atoms with Crippen molar-refractivity contribution < 1.29 is 4.79 Å². The number of nitrogens with one attached hydrogen (secondary N) is 1. The van der Waals surface area contributed by atoms with Gasteiger partial charge in [-0.3, -0.25) is 4.79 Å². The molecule has 0 fully saturated rings. The van der Waals surface area contributed by atoms with E-state index in [1.807, 2.05) is 43.5 Å². The highest BCUT2D eigenvalue weighted by Gasteiger charge is 2.14. The summed E-state index contributed by atoms with van der Waals surface area (Å²) >= 11 is 0. The van der Waals surface area contributed by atoms with Gasteiger partial charge in [0.1, 0.15) is 5.69 Å². The number of aromatic nitrogens is 3. The van der Waals surface area contributed by atoms with Crippen LogP contribution in [-0.4, -0.2) is 20.9 Å². The van der Waals surface area contributed by atoms with Crippen LogP contribution >= 0.6 is 0 Å². The van der Waals surface area contributed by atoms with E-state index in [0.29, 0.717) is 12.5 Å². The number of carbonyl (C=O) groups excluding carboxylic acids is 1. The molecule has 1 amide bonds. The number of amides is 1. The van der Waals surface area contributed by atoms with Gasteiger partial charge < -0.3 is 5.32 Å². The standard InChI is InChI=1S/C16H22N4O/c1-12(2)9-13(3)16(21)17-10-14-11-20(19-18-14)15-7-5-4-6-8-15/h4-8,11-13H,9-10H2,1-3H3,(H,17,21). The van der Waals surface area contributed by atoms with E-state index in [4.69, 9.17) is 0 Å². The zero-order chi connectivity index (χ0) is 15.2. The summed E-state index contributed by atoms with van der Waals surface area (Å²) in [5, 5.41) is 11.1. The Labute approximate surface area is 125 Å². The summed E-state index contributed by atoms with van der Waals surface area (Å²) in [7, 11) is 0. The van der Waals surface area contributed by atoms with Gasteiger partial charge >= 0.3 is 0 Å². The Hall–Kier alpha value is -2.17. The third kappa shape index (κ3) is 4.41. The molecule has 0 saturated carbocycles. The molecule has 0 bridgehead atoms. The smallest absolute Gasteiger partial charge is 0.223 e.